The molecule has 1 aromatic carbocycles. The molecule has 0 saturated heterocycles. The molecule has 0 atom stereocenters. The predicted molar refractivity (Wildman–Crippen MR) is 59.8 cm³/mol. The van der Waals surface area contributed by atoms with Crippen LogP contribution in [0, 0.1) is 0 Å². The number of benzene rings is 1. The highest BCUT2D eigenvalue weighted by Gasteiger charge is 2.02. The van der Waals surface area contributed by atoms with E-state index in [0.29, 0.717) is 11.9 Å². The molecule has 84 valence electrons. The van der Waals surface area contributed by atoms with Gasteiger partial charge in [-0.2, -0.15) is 0 Å². The van der Waals surface area contributed by atoms with Gasteiger partial charge in [-0.15, -0.1) is 0 Å². The molecule has 16 heavy (non-hydrogen) atoms. The maximum Gasteiger partial charge on any atom is 0.407 e. The van der Waals surface area contributed by atoms with Crippen molar-refractivity contribution in [3.05, 3.63) is 48.0 Å². The Hall–Kier alpha value is -2.10. The topological polar surface area (TPSA) is 55.4 Å². The molecule has 1 aromatic rings. The van der Waals surface area contributed by atoms with Crippen LogP contribution in [0.1, 0.15) is 5.56 Å². The number of carbonyl (C=O) groups excluding carboxylic acids is 2. The quantitative estimate of drug-likeness (QED) is 0.605. The standard InChI is InChI=1S/C12H13NO3/c1-10(8-14)7-13-12(15)16-9-11-5-3-2-4-6-11/h2-6,8H,1,7,9H2,(H,13,15). The van der Waals surface area contributed by atoms with E-state index >= 15 is 0 Å². The summed E-state index contributed by atoms with van der Waals surface area (Å²) in [7, 11) is 0. The Morgan fingerprint density at radius 3 is 2.69 bits per heavy atom. The number of aldehydes is 1. The van der Waals surface area contributed by atoms with E-state index in [9.17, 15) is 9.59 Å². The van der Waals surface area contributed by atoms with Crippen molar-refractivity contribution >= 4 is 12.4 Å². The Morgan fingerprint density at radius 1 is 1.38 bits per heavy atom. The molecule has 0 unspecified atom stereocenters. The first-order chi connectivity index (χ1) is 7.72. The Kier molecular flexibility index (Phi) is 4.79. The molecule has 4 nitrogen and oxygen atoms in total. The van der Waals surface area contributed by atoms with Crippen LogP contribution in [0.3, 0.4) is 0 Å². The zero-order valence-electron chi connectivity index (χ0n) is 8.81. The Labute approximate surface area is 93.9 Å². The lowest BCUT2D eigenvalue weighted by molar-refractivity contribution is -0.104. The van der Waals surface area contributed by atoms with Crippen LogP contribution >= 0.6 is 0 Å². The molecule has 1 rings (SSSR count). The van der Waals surface area contributed by atoms with Gasteiger partial charge in [0.15, 0.2) is 0 Å². The summed E-state index contributed by atoms with van der Waals surface area (Å²) >= 11 is 0. The lowest BCUT2D eigenvalue weighted by Crippen LogP contribution is -2.26. The number of nitrogens with one attached hydrogen (secondary N) is 1. The highest BCUT2D eigenvalue weighted by atomic mass is 16.5. The van der Waals surface area contributed by atoms with Gasteiger partial charge < -0.3 is 10.1 Å². The summed E-state index contributed by atoms with van der Waals surface area (Å²) in [6, 6.07) is 9.34. The predicted octanol–water partition coefficient (Wildman–Crippen LogP) is 1.67. The van der Waals surface area contributed by atoms with E-state index in [2.05, 4.69) is 11.9 Å². The second-order valence-electron chi connectivity index (χ2n) is 3.19. The van der Waals surface area contributed by atoms with Gasteiger partial charge in [0, 0.05) is 12.1 Å². The van der Waals surface area contributed by atoms with Crippen LogP contribution in [0.25, 0.3) is 0 Å². The molecule has 0 aliphatic carbocycles. The third-order valence-corrected chi connectivity index (χ3v) is 1.84. The van der Waals surface area contributed by atoms with E-state index < -0.39 is 6.09 Å². The van der Waals surface area contributed by atoms with Crippen LogP contribution in [-0.2, 0) is 16.1 Å². The fourth-order valence-corrected chi connectivity index (χ4v) is 1.00. The van der Waals surface area contributed by atoms with Crippen molar-refractivity contribution in [1.82, 2.24) is 5.32 Å². The van der Waals surface area contributed by atoms with Gasteiger partial charge in [-0.05, 0) is 5.56 Å². The van der Waals surface area contributed by atoms with Gasteiger partial charge in [0.25, 0.3) is 0 Å². The molecule has 0 aromatic heterocycles. The summed E-state index contributed by atoms with van der Waals surface area (Å²) in [5, 5.41) is 2.41. The number of carbonyl (C=O) groups is 2. The summed E-state index contributed by atoms with van der Waals surface area (Å²) in [6.45, 7) is 3.74. The summed E-state index contributed by atoms with van der Waals surface area (Å²) in [5.74, 6) is 0. The molecule has 0 spiro atoms. The fourth-order valence-electron chi connectivity index (χ4n) is 1.00. The van der Waals surface area contributed by atoms with Crippen molar-refractivity contribution < 1.29 is 14.3 Å². The Balaban J connectivity index is 2.25. The van der Waals surface area contributed by atoms with Gasteiger partial charge in [0.05, 0.1) is 0 Å². The molecular weight excluding hydrogens is 206 g/mol. The number of ether oxygens (including phenoxy) is 1. The van der Waals surface area contributed by atoms with E-state index in [0.717, 1.165) is 5.56 Å². The minimum absolute atomic E-state index is 0.108. The van der Waals surface area contributed by atoms with Gasteiger partial charge in [-0.3, -0.25) is 4.79 Å². The van der Waals surface area contributed by atoms with Crippen molar-refractivity contribution in [2.24, 2.45) is 0 Å². The maximum atomic E-state index is 11.1. The molecule has 0 aliphatic rings. The largest absolute Gasteiger partial charge is 0.445 e. The van der Waals surface area contributed by atoms with Crippen molar-refractivity contribution in [3.63, 3.8) is 0 Å². The number of alkyl carbamates (subject to hydrolysis) is 1. The zero-order chi connectivity index (χ0) is 11.8. The normalized spacial score (nSPS) is 9.25. The van der Waals surface area contributed by atoms with E-state index in [1.165, 1.54) is 0 Å². The fraction of sp³-hybridized carbons (Fsp3) is 0.167. The lowest BCUT2D eigenvalue weighted by Gasteiger charge is -2.06. The van der Waals surface area contributed by atoms with Gasteiger partial charge in [-0.25, -0.2) is 4.79 Å². The summed E-state index contributed by atoms with van der Waals surface area (Å²) in [5.41, 5.74) is 1.21. The minimum Gasteiger partial charge on any atom is -0.445 e. The SMILES string of the molecule is C=C(C=O)CNC(=O)OCc1ccccc1. The smallest absolute Gasteiger partial charge is 0.407 e. The number of amides is 1. The van der Waals surface area contributed by atoms with Crippen molar-refractivity contribution in [2.45, 2.75) is 6.61 Å². The molecule has 0 aliphatic heterocycles. The van der Waals surface area contributed by atoms with Crippen molar-refractivity contribution in [2.75, 3.05) is 6.54 Å². The molecule has 0 fully saturated rings. The number of rotatable bonds is 5. The molecule has 4 heteroatoms. The van der Waals surface area contributed by atoms with Gasteiger partial charge in [-0.1, -0.05) is 36.9 Å². The van der Waals surface area contributed by atoms with E-state index in [4.69, 9.17) is 4.74 Å². The molecule has 0 bridgehead atoms. The van der Waals surface area contributed by atoms with Crippen LogP contribution in [-0.4, -0.2) is 18.9 Å². The summed E-state index contributed by atoms with van der Waals surface area (Å²) in [6.07, 6.45) is 0.0316. The second-order valence-corrected chi connectivity index (χ2v) is 3.19. The van der Waals surface area contributed by atoms with E-state index in [-0.39, 0.29) is 13.2 Å². The highest BCUT2D eigenvalue weighted by molar-refractivity contribution is 5.75. The number of hydrogen-bond donors (Lipinski definition) is 1. The highest BCUT2D eigenvalue weighted by Crippen LogP contribution is 2.00. The average molecular weight is 219 g/mol. The van der Waals surface area contributed by atoms with Crippen LogP contribution in [0.15, 0.2) is 42.5 Å². The molecule has 0 heterocycles. The molecular formula is C12H13NO3. The first-order valence-electron chi connectivity index (χ1n) is 4.80. The lowest BCUT2D eigenvalue weighted by atomic mass is 10.2. The monoisotopic (exact) mass is 219 g/mol. The number of hydrogen-bond acceptors (Lipinski definition) is 3. The van der Waals surface area contributed by atoms with E-state index in [1.807, 2.05) is 30.3 Å². The third-order valence-electron chi connectivity index (χ3n) is 1.84. The maximum absolute atomic E-state index is 11.1. The second kappa shape index (κ2) is 6.40. The van der Waals surface area contributed by atoms with Crippen molar-refractivity contribution in [1.29, 1.82) is 0 Å². The molecule has 0 saturated carbocycles. The average Bonchev–Trinajstić information content (AvgIpc) is 2.34. The third kappa shape index (κ3) is 4.41. The first-order valence-corrected chi connectivity index (χ1v) is 4.80. The van der Waals surface area contributed by atoms with Crippen LogP contribution in [0.5, 0.6) is 0 Å². The molecule has 0 radical (unpaired) electrons. The zero-order valence-corrected chi connectivity index (χ0v) is 8.81. The van der Waals surface area contributed by atoms with Crippen LogP contribution in [0.4, 0.5) is 4.79 Å². The van der Waals surface area contributed by atoms with Crippen LogP contribution in [0.2, 0.25) is 0 Å². The minimum atomic E-state index is -0.563. The Bertz CT molecular complexity index is 373. The van der Waals surface area contributed by atoms with Crippen molar-refractivity contribution in [3.8, 4) is 0 Å². The molecule has 1 amide bonds. The first kappa shape index (κ1) is 12.0. The van der Waals surface area contributed by atoms with Gasteiger partial charge >= 0.3 is 6.09 Å². The van der Waals surface area contributed by atoms with Crippen LogP contribution < -0.4 is 5.32 Å². The molecule has 1 N–H and O–H groups in total. The van der Waals surface area contributed by atoms with E-state index in [1.54, 1.807) is 0 Å². The van der Waals surface area contributed by atoms with Gasteiger partial charge in [0.2, 0.25) is 0 Å². The van der Waals surface area contributed by atoms with Gasteiger partial charge in [0.1, 0.15) is 12.9 Å². The summed E-state index contributed by atoms with van der Waals surface area (Å²) < 4.78 is 4.92. The summed E-state index contributed by atoms with van der Waals surface area (Å²) in [4.78, 5) is 21.4. The Morgan fingerprint density at radius 2 is 2.06 bits per heavy atom.